The van der Waals surface area contributed by atoms with Crippen LogP contribution in [0.3, 0.4) is 0 Å². The molecule has 0 fully saturated rings. The van der Waals surface area contributed by atoms with Crippen LogP contribution in [0.15, 0.2) is 12.3 Å². The Balaban J connectivity index is 2.70. The van der Waals surface area contributed by atoms with E-state index >= 15 is 0 Å². The zero-order valence-corrected chi connectivity index (χ0v) is 11.0. The van der Waals surface area contributed by atoms with Crippen molar-refractivity contribution in [2.24, 2.45) is 7.05 Å². The Bertz CT molecular complexity index is 602. The lowest BCUT2D eigenvalue weighted by Gasteiger charge is -2.02. The van der Waals surface area contributed by atoms with Crippen molar-refractivity contribution in [3.05, 3.63) is 23.5 Å². The molecule has 0 amide bonds. The monoisotopic (exact) mass is 248 g/mol. The molecule has 0 spiro atoms. The van der Waals surface area contributed by atoms with Gasteiger partial charge in [0.05, 0.1) is 25.5 Å². The summed E-state index contributed by atoms with van der Waals surface area (Å²) in [7, 11) is 3.45. The number of pyridine rings is 1. The van der Waals surface area contributed by atoms with Gasteiger partial charge >= 0.3 is 5.97 Å². The van der Waals surface area contributed by atoms with Crippen molar-refractivity contribution in [3.63, 3.8) is 0 Å². The number of rotatable bonds is 3. The second-order valence-corrected chi connectivity index (χ2v) is 3.99. The minimum absolute atomic E-state index is 0.323. The van der Waals surface area contributed by atoms with Gasteiger partial charge in [0, 0.05) is 18.1 Å². The van der Waals surface area contributed by atoms with Gasteiger partial charge in [-0.1, -0.05) is 0 Å². The molecule has 0 unspecified atom stereocenters. The number of ether oxygens (including phenoxy) is 2. The van der Waals surface area contributed by atoms with Crippen LogP contribution in [0.2, 0.25) is 0 Å². The fraction of sp³-hybridized carbons (Fsp3) is 0.385. The van der Waals surface area contributed by atoms with E-state index in [4.69, 9.17) is 9.47 Å². The molecule has 0 aliphatic rings. The fourth-order valence-electron chi connectivity index (χ4n) is 1.98. The van der Waals surface area contributed by atoms with E-state index in [0.717, 1.165) is 16.7 Å². The predicted molar refractivity (Wildman–Crippen MR) is 68.0 cm³/mol. The van der Waals surface area contributed by atoms with Crippen LogP contribution in [0.25, 0.3) is 11.0 Å². The number of methoxy groups -OCH3 is 1. The fourth-order valence-corrected chi connectivity index (χ4v) is 1.98. The number of carbonyl (C=O) groups excluding carboxylic acids is 1. The van der Waals surface area contributed by atoms with Crippen molar-refractivity contribution in [1.29, 1.82) is 0 Å². The summed E-state index contributed by atoms with van der Waals surface area (Å²) in [6.07, 6.45) is 1.64. The zero-order chi connectivity index (χ0) is 13.3. The average Bonchev–Trinajstić information content (AvgIpc) is 2.62. The highest BCUT2D eigenvalue weighted by atomic mass is 16.5. The molecule has 2 aromatic rings. The van der Waals surface area contributed by atoms with E-state index < -0.39 is 0 Å². The quantitative estimate of drug-likeness (QED) is 0.780. The molecule has 2 rings (SSSR count). The summed E-state index contributed by atoms with van der Waals surface area (Å²) in [5.74, 6) is 0.300. The number of fused-ring (bicyclic) bond motifs is 1. The van der Waals surface area contributed by atoms with Crippen molar-refractivity contribution < 1.29 is 14.3 Å². The van der Waals surface area contributed by atoms with Gasteiger partial charge in [-0.25, -0.2) is 9.78 Å². The van der Waals surface area contributed by atoms with Crippen molar-refractivity contribution >= 4 is 17.0 Å². The predicted octanol–water partition coefficient (Wildman–Crippen LogP) is 2.07. The topological polar surface area (TPSA) is 53.4 Å². The average molecular weight is 248 g/mol. The lowest BCUT2D eigenvalue weighted by molar-refractivity contribution is 0.0527. The second kappa shape index (κ2) is 4.68. The molecule has 0 bridgehead atoms. The van der Waals surface area contributed by atoms with E-state index in [1.165, 1.54) is 0 Å². The smallest absolute Gasteiger partial charge is 0.340 e. The van der Waals surface area contributed by atoms with Crippen LogP contribution >= 0.6 is 0 Å². The van der Waals surface area contributed by atoms with Crippen LogP contribution in [-0.4, -0.2) is 29.2 Å². The molecular formula is C13H16N2O3. The molecule has 2 aromatic heterocycles. The first-order valence-corrected chi connectivity index (χ1v) is 5.76. The van der Waals surface area contributed by atoms with Crippen LogP contribution in [-0.2, 0) is 11.8 Å². The number of nitrogens with zero attached hydrogens (tertiary/aromatic N) is 2. The van der Waals surface area contributed by atoms with Crippen molar-refractivity contribution in [2.75, 3.05) is 13.7 Å². The molecule has 18 heavy (non-hydrogen) atoms. The highest BCUT2D eigenvalue weighted by molar-refractivity contribution is 6.05. The molecule has 0 N–H and O–H groups in total. The van der Waals surface area contributed by atoms with Crippen LogP contribution in [0, 0.1) is 6.92 Å². The van der Waals surface area contributed by atoms with E-state index in [-0.39, 0.29) is 5.97 Å². The van der Waals surface area contributed by atoms with Gasteiger partial charge in [-0.2, -0.15) is 0 Å². The molecule has 5 heteroatoms. The minimum Gasteiger partial charge on any atom is -0.495 e. The van der Waals surface area contributed by atoms with Gasteiger partial charge in [-0.05, 0) is 19.9 Å². The van der Waals surface area contributed by atoms with Gasteiger partial charge in [0.2, 0.25) is 0 Å². The number of carbonyl (C=O) groups is 1. The maximum absolute atomic E-state index is 12.0. The Labute approximate surface area is 105 Å². The number of hydrogen-bond acceptors (Lipinski definition) is 4. The summed E-state index contributed by atoms with van der Waals surface area (Å²) < 4.78 is 12.1. The first-order valence-electron chi connectivity index (χ1n) is 5.76. The maximum atomic E-state index is 12.0. The zero-order valence-electron chi connectivity index (χ0n) is 11.0. The molecule has 0 radical (unpaired) electrons. The number of esters is 1. The SMILES string of the molecule is CCOC(=O)c1c(C)n(C)c2ncc(OC)cc12. The molecule has 0 atom stereocenters. The van der Waals surface area contributed by atoms with E-state index in [1.807, 2.05) is 24.6 Å². The van der Waals surface area contributed by atoms with Crippen LogP contribution in [0.1, 0.15) is 23.0 Å². The van der Waals surface area contributed by atoms with Crippen molar-refractivity contribution in [1.82, 2.24) is 9.55 Å². The third kappa shape index (κ3) is 1.81. The van der Waals surface area contributed by atoms with Crippen LogP contribution < -0.4 is 4.74 Å². The molecule has 0 aliphatic heterocycles. The molecule has 0 saturated carbocycles. The largest absolute Gasteiger partial charge is 0.495 e. The summed E-state index contributed by atoms with van der Waals surface area (Å²) in [6.45, 7) is 4.02. The van der Waals surface area contributed by atoms with E-state index in [2.05, 4.69) is 4.98 Å². The van der Waals surface area contributed by atoms with Crippen molar-refractivity contribution in [2.45, 2.75) is 13.8 Å². The summed E-state index contributed by atoms with van der Waals surface area (Å²) in [5.41, 5.74) is 2.14. The Kier molecular flexibility index (Phi) is 3.23. The van der Waals surface area contributed by atoms with E-state index in [0.29, 0.717) is 17.9 Å². The maximum Gasteiger partial charge on any atom is 0.340 e. The summed E-state index contributed by atoms with van der Waals surface area (Å²) in [6, 6.07) is 1.81. The van der Waals surface area contributed by atoms with Crippen molar-refractivity contribution in [3.8, 4) is 5.75 Å². The van der Waals surface area contributed by atoms with Gasteiger partial charge in [0.15, 0.2) is 0 Å². The minimum atomic E-state index is -0.323. The van der Waals surface area contributed by atoms with Gasteiger partial charge in [0.1, 0.15) is 11.4 Å². The molecule has 0 aliphatic carbocycles. The van der Waals surface area contributed by atoms with Gasteiger partial charge < -0.3 is 14.0 Å². The number of aromatic nitrogens is 2. The molecule has 2 heterocycles. The summed E-state index contributed by atoms with van der Waals surface area (Å²) in [5, 5.41) is 0.757. The van der Waals surface area contributed by atoms with Crippen LogP contribution in [0.5, 0.6) is 5.75 Å². The van der Waals surface area contributed by atoms with Crippen LogP contribution in [0.4, 0.5) is 0 Å². The Morgan fingerprint density at radius 2 is 2.22 bits per heavy atom. The molecule has 0 aromatic carbocycles. The Morgan fingerprint density at radius 3 is 2.83 bits per heavy atom. The highest BCUT2D eigenvalue weighted by Gasteiger charge is 2.20. The third-order valence-electron chi connectivity index (χ3n) is 3.01. The Hall–Kier alpha value is -2.04. The molecule has 0 saturated heterocycles. The van der Waals surface area contributed by atoms with Gasteiger partial charge in [-0.3, -0.25) is 0 Å². The second-order valence-electron chi connectivity index (χ2n) is 3.99. The third-order valence-corrected chi connectivity index (χ3v) is 3.01. The van der Waals surface area contributed by atoms with Gasteiger partial charge in [0.25, 0.3) is 0 Å². The highest BCUT2D eigenvalue weighted by Crippen LogP contribution is 2.27. The van der Waals surface area contributed by atoms with E-state index in [9.17, 15) is 4.79 Å². The molecule has 96 valence electrons. The van der Waals surface area contributed by atoms with Gasteiger partial charge in [-0.15, -0.1) is 0 Å². The first-order chi connectivity index (χ1) is 8.60. The number of hydrogen-bond donors (Lipinski definition) is 0. The Morgan fingerprint density at radius 1 is 1.50 bits per heavy atom. The summed E-state index contributed by atoms with van der Waals surface area (Å²) in [4.78, 5) is 16.3. The first kappa shape index (κ1) is 12.4. The lowest BCUT2D eigenvalue weighted by atomic mass is 10.2. The number of aryl methyl sites for hydroxylation is 1. The molecular weight excluding hydrogens is 232 g/mol. The lowest BCUT2D eigenvalue weighted by Crippen LogP contribution is -2.06. The normalized spacial score (nSPS) is 10.7. The molecule has 5 nitrogen and oxygen atoms in total. The standard InChI is InChI=1S/C13H16N2O3/c1-5-18-13(16)11-8(2)15(3)12-10(11)6-9(17-4)7-14-12/h6-7H,5H2,1-4H3. The summed E-state index contributed by atoms with van der Waals surface area (Å²) >= 11 is 0. The van der Waals surface area contributed by atoms with E-state index in [1.54, 1.807) is 20.2 Å².